The Morgan fingerprint density at radius 3 is 2.17 bits per heavy atom. The van der Waals surface area contributed by atoms with Gasteiger partial charge in [-0.15, -0.1) is 0 Å². The molecule has 4 rings (SSSR count). The van der Waals surface area contributed by atoms with Crippen LogP contribution in [0.1, 0.15) is 5.69 Å². The lowest BCUT2D eigenvalue weighted by molar-refractivity contribution is 0.466. The standard InChI is InChI=1S/C22H19N3O3S/c1-24-17(13-18(26)25(2)22(24)27)14-29-21-23-19(15-9-5-3-6-10-15)20(28-21)16-11-7-4-8-12-16/h3-13H,14H2,1-2H3. The van der Waals surface area contributed by atoms with E-state index in [1.165, 1.54) is 29.4 Å². The summed E-state index contributed by atoms with van der Waals surface area (Å²) in [5, 5.41) is 0.482. The Kier molecular flexibility index (Phi) is 5.22. The van der Waals surface area contributed by atoms with Gasteiger partial charge in [0.25, 0.3) is 10.8 Å². The SMILES string of the molecule is Cn1c(CSc2nc(-c3ccccc3)c(-c3ccccc3)o2)cc(=O)n(C)c1=O. The van der Waals surface area contributed by atoms with Gasteiger partial charge in [-0.3, -0.25) is 13.9 Å². The number of oxazole rings is 1. The van der Waals surface area contributed by atoms with Gasteiger partial charge in [0, 0.05) is 42.7 Å². The lowest BCUT2D eigenvalue weighted by Crippen LogP contribution is -2.37. The molecular formula is C22H19N3O3S. The average molecular weight is 405 g/mol. The van der Waals surface area contributed by atoms with Gasteiger partial charge in [-0.05, 0) is 0 Å². The van der Waals surface area contributed by atoms with Crippen LogP contribution in [0, 0.1) is 0 Å². The zero-order valence-electron chi connectivity index (χ0n) is 16.0. The van der Waals surface area contributed by atoms with Gasteiger partial charge in [-0.2, -0.15) is 0 Å². The Balaban J connectivity index is 1.70. The maximum atomic E-state index is 12.1. The summed E-state index contributed by atoms with van der Waals surface area (Å²) in [6, 6.07) is 21.1. The van der Waals surface area contributed by atoms with E-state index in [-0.39, 0.29) is 11.2 Å². The Bertz CT molecular complexity index is 1200. The summed E-state index contributed by atoms with van der Waals surface area (Å²) in [5.74, 6) is 1.09. The molecule has 146 valence electrons. The predicted octanol–water partition coefficient (Wildman–Crippen LogP) is 3.70. The van der Waals surface area contributed by atoms with E-state index in [0.29, 0.717) is 22.4 Å². The second-order valence-corrected chi connectivity index (χ2v) is 7.48. The molecule has 0 atom stereocenters. The average Bonchev–Trinajstić information content (AvgIpc) is 3.19. The van der Waals surface area contributed by atoms with Crippen LogP contribution in [0.3, 0.4) is 0 Å². The quantitative estimate of drug-likeness (QED) is 0.474. The molecule has 0 fully saturated rings. The second-order valence-electron chi connectivity index (χ2n) is 6.55. The molecule has 0 saturated carbocycles. The van der Waals surface area contributed by atoms with E-state index in [2.05, 4.69) is 4.98 Å². The van der Waals surface area contributed by atoms with E-state index < -0.39 is 0 Å². The third kappa shape index (κ3) is 3.82. The van der Waals surface area contributed by atoms with Crippen molar-refractivity contribution < 1.29 is 4.42 Å². The maximum absolute atomic E-state index is 12.1. The van der Waals surface area contributed by atoms with Gasteiger partial charge in [0.05, 0.1) is 0 Å². The van der Waals surface area contributed by atoms with Gasteiger partial charge in [-0.25, -0.2) is 9.78 Å². The van der Waals surface area contributed by atoms with Crippen LogP contribution < -0.4 is 11.2 Å². The summed E-state index contributed by atoms with van der Waals surface area (Å²) >= 11 is 1.35. The van der Waals surface area contributed by atoms with Crippen LogP contribution in [0.5, 0.6) is 0 Å². The molecule has 7 heteroatoms. The minimum atomic E-state index is -0.351. The van der Waals surface area contributed by atoms with Gasteiger partial charge >= 0.3 is 5.69 Å². The molecule has 0 bridgehead atoms. The summed E-state index contributed by atoms with van der Waals surface area (Å²) in [6.07, 6.45) is 0. The highest BCUT2D eigenvalue weighted by molar-refractivity contribution is 7.98. The molecule has 2 heterocycles. The van der Waals surface area contributed by atoms with Crippen LogP contribution in [-0.4, -0.2) is 14.1 Å². The summed E-state index contributed by atoms with van der Waals surface area (Å²) in [7, 11) is 3.12. The van der Waals surface area contributed by atoms with Gasteiger partial charge in [0.1, 0.15) is 5.69 Å². The monoisotopic (exact) mass is 405 g/mol. The summed E-state index contributed by atoms with van der Waals surface area (Å²) in [6.45, 7) is 0. The van der Waals surface area contributed by atoms with Crippen LogP contribution in [0.25, 0.3) is 22.6 Å². The van der Waals surface area contributed by atoms with Crippen molar-refractivity contribution in [1.82, 2.24) is 14.1 Å². The molecule has 0 N–H and O–H groups in total. The van der Waals surface area contributed by atoms with Gasteiger partial charge in [0.2, 0.25) is 0 Å². The molecule has 0 spiro atoms. The number of rotatable bonds is 5. The van der Waals surface area contributed by atoms with Crippen molar-refractivity contribution in [2.45, 2.75) is 11.0 Å². The minimum absolute atomic E-state index is 0.328. The molecule has 0 amide bonds. The van der Waals surface area contributed by atoms with Crippen molar-refractivity contribution in [3.8, 4) is 22.6 Å². The number of aromatic nitrogens is 3. The predicted molar refractivity (Wildman–Crippen MR) is 114 cm³/mol. The fourth-order valence-corrected chi connectivity index (χ4v) is 3.84. The van der Waals surface area contributed by atoms with Crippen LogP contribution in [0.4, 0.5) is 0 Å². The zero-order valence-corrected chi connectivity index (χ0v) is 16.8. The molecular weight excluding hydrogens is 386 g/mol. The first kappa shape index (κ1) is 19.0. The number of thioether (sulfide) groups is 1. The number of nitrogens with zero attached hydrogens (tertiary/aromatic N) is 3. The first-order valence-corrected chi connectivity index (χ1v) is 10.0. The van der Waals surface area contributed by atoms with Crippen molar-refractivity contribution in [2.24, 2.45) is 14.1 Å². The molecule has 0 aliphatic rings. The van der Waals surface area contributed by atoms with Crippen molar-refractivity contribution in [1.29, 1.82) is 0 Å². The summed E-state index contributed by atoms with van der Waals surface area (Å²) < 4.78 is 8.63. The topological polar surface area (TPSA) is 70.0 Å². The summed E-state index contributed by atoms with van der Waals surface area (Å²) in [4.78, 5) is 28.8. The number of hydrogen-bond donors (Lipinski definition) is 0. The first-order chi connectivity index (χ1) is 14.0. The van der Waals surface area contributed by atoms with Crippen molar-refractivity contribution in [3.63, 3.8) is 0 Å². The highest BCUT2D eigenvalue weighted by Gasteiger charge is 2.17. The van der Waals surface area contributed by atoms with Crippen molar-refractivity contribution in [3.05, 3.63) is 93.3 Å². The third-order valence-corrected chi connectivity index (χ3v) is 5.52. The van der Waals surface area contributed by atoms with Crippen LogP contribution in [-0.2, 0) is 19.8 Å². The van der Waals surface area contributed by atoms with E-state index in [1.807, 2.05) is 60.7 Å². The van der Waals surface area contributed by atoms with Crippen LogP contribution in [0.2, 0.25) is 0 Å². The van der Waals surface area contributed by atoms with E-state index in [4.69, 9.17) is 4.42 Å². The maximum Gasteiger partial charge on any atom is 0.330 e. The summed E-state index contributed by atoms with van der Waals surface area (Å²) in [5.41, 5.74) is 2.59. The van der Waals surface area contributed by atoms with E-state index in [1.54, 1.807) is 7.05 Å². The lowest BCUT2D eigenvalue weighted by atomic mass is 10.1. The van der Waals surface area contributed by atoms with Gasteiger partial charge < -0.3 is 4.42 Å². The molecule has 29 heavy (non-hydrogen) atoms. The normalized spacial score (nSPS) is 11.0. The Labute approximate surface area is 171 Å². The molecule has 0 radical (unpaired) electrons. The number of benzene rings is 2. The van der Waals surface area contributed by atoms with Gasteiger partial charge in [0.15, 0.2) is 5.76 Å². The van der Waals surface area contributed by atoms with Gasteiger partial charge in [-0.1, -0.05) is 72.4 Å². The minimum Gasteiger partial charge on any atom is -0.431 e. The molecule has 0 aliphatic carbocycles. The molecule has 2 aromatic heterocycles. The smallest absolute Gasteiger partial charge is 0.330 e. The van der Waals surface area contributed by atoms with E-state index in [9.17, 15) is 9.59 Å². The van der Waals surface area contributed by atoms with E-state index >= 15 is 0 Å². The Hall–Kier alpha value is -3.32. The first-order valence-electron chi connectivity index (χ1n) is 9.05. The van der Waals surface area contributed by atoms with E-state index in [0.717, 1.165) is 21.4 Å². The van der Waals surface area contributed by atoms with Crippen molar-refractivity contribution in [2.75, 3.05) is 0 Å². The molecule has 0 unspecified atom stereocenters. The number of hydrogen-bond acceptors (Lipinski definition) is 5. The lowest BCUT2D eigenvalue weighted by Gasteiger charge is -2.07. The van der Waals surface area contributed by atoms with Crippen LogP contribution in [0.15, 0.2) is 86.0 Å². The largest absolute Gasteiger partial charge is 0.431 e. The molecule has 0 saturated heterocycles. The Morgan fingerprint density at radius 1 is 0.897 bits per heavy atom. The highest BCUT2D eigenvalue weighted by atomic mass is 32.2. The second kappa shape index (κ2) is 7.97. The molecule has 4 aromatic rings. The Morgan fingerprint density at radius 2 is 1.52 bits per heavy atom. The highest BCUT2D eigenvalue weighted by Crippen LogP contribution is 2.36. The molecule has 6 nitrogen and oxygen atoms in total. The molecule has 0 aliphatic heterocycles. The fraction of sp³-hybridized carbons (Fsp3) is 0.136. The zero-order chi connectivity index (χ0) is 20.4. The van der Waals surface area contributed by atoms with Crippen LogP contribution >= 0.6 is 11.8 Å². The third-order valence-electron chi connectivity index (χ3n) is 4.66. The fourth-order valence-electron chi connectivity index (χ4n) is 2.99. The molecule has 2 aromatic carbocycles. The van der Waals surface area contributed by atoms with Crippen molar-refractivity contribution >= 4 is 11.8 Å².